The molecule has 0 unspecified atom stereocenters. The predicted octanol–water partition coefficient (Wildman–Crippen LogP) is 4.40. The average molecular weight is 449 g/mol. The van der Waals surface area contributed by atoms with E-state index < -0.39 is 0 Å². The largest absolute Gasteiger partial charge is 0.396 e. The Morgan fingerprint density at radius 1 is 0.844 bits per heavy atom. The highest BCUT2D eigenvalue weighted by molar-refractivity contribution is 5.14. The number of hydrogen-bond donors (Lipinski definition) is 4. The first-order chi connectivity index (χ1) is 15.0. The zero-order valence-electron chi connectivity index (χ0n) is 21.0. The van der Waals surface area contributed by atoms with Crippen LogP contribution in [0.25, 0.3) is 0 Å². The number of allylic oxidation sites excluding steroid dienone is 1. The van der Waals surface area contributed by atoms with Crippen LogP contribution in [-0.2, 0) is 0 Å². The van der Waals surface area contributed by atoms with E-state index in [2.05, 4.69) is 46.8 Å². The molecule has 4 aliphatic carbocycles. The van der Waals surface area contributed by atoms with Crippen molar-refractivity contribution in [2.24, 2.45) is 58.2 Å². The first-order valence-corrected chi connectivity index (χ1v) is 13.4. The highest BCUT2D eigenvalue weighted by Gasteiger charge is 2.64. The average Bonchev–Trinajstić information content (AvgIpc) is 3.00. The molecule has 12 atom stereocenters. The Balaban J connectivity index is 1.57. The SMILES string of the molecule is CC(C)[C@@H](/C=C/[C@@H](C)[C@H]1C[C@@H](O)[C@H]2[C@@H]3C[C@H](O)[C@H]4C[C@@H](O)CC[C@]4(C)[C@H]3CC[C@@]21C)CO. The van der Waals surface area contributed by atoms with Crippen molar-refractivity contribution in [2.45, 2.75) is 97.9 Å². The van der Waals surface area contributed by atoms with Gasteiger partial charge < -0.3 is 20.4 Å². The van der Waals surface area contributed by atoms with E-state index in [1.807, 2.05) is 0 Å². The maximum Gasteiger partial charge on any atom is 0.0579 e. The van der Waals surface area contributed by atoms with E-state index >= 15 is 0 Å². The zero-order valence-corrected chi connectivity index (χ0v) is 21.0. The molecule has 4 N–H and O–H groups in total. The maximum absolute atomic E-state index is 11.4. The normalized spacial score (nSPS) is 50.7. The number of hydrogen-bond acceptors (Lipinski definition) is 4. The first-order valence-electron chi connectivity index (χ1n) is 13.4. The summed E-state index contributed by atoms with van der Waals surface area (Å²) in [6.07, 6.45) is 10.1. The molecule has 4 fully saturated rings. The Kier molecular flexibility index (Phi) is 6.93. The Bertz CT molecular complexity index is 691. The van der Waals surface area contributed by atoms with Crippen LogP contribution in [0.3, 0.4) is 0 Å². The lowest BCUT2D eigenvalue weighted by atomic mass is 9.43. The van der Waals surface area contributed by atoms with Gasteiger partial charge in [-0.05, 0) is 97.2 Å². The van der Waals surface area contributed by atoms with Gasteiger partial charge in [0.05, 0.1) is 18.3 Å². The van der Waals surface area contributed by atoms with Crippen LogP contribution in [0, 0.1) is 58.2 Å². The Hall–Kier alpha value is -0.420. The summed E-state index contributed by atoms with van der Waals surface area (Å²) in [6, 6.07) is 0. The summed E-state index contributed by atoms with van der Waals surface area (Å²) in [5, 5.41) is 42.6. The van der Waals surface area contributed by atoms with Gasteiger partial charge in [-0.1, -0.05) is 46.8 Å². The van der Waals surface area contributed by atoms with E-state index in [9.17, 15) is 20.4 Å². The predicted molar refractivity (Wildman–Crippen MR) is 128 cm³/mol. The third kappa shape index (κ3) is 3.91. The fraction of sp³-hybridized carbons (Fsp3) is 0.929. The Morgan fingerprint density at radius 2 is 1.53 bits per heavy atom. The van der Waals surface area contributed by atoms with Gasteiger partial charge in [0.2, 0.25) is 0 Å². The lowest BCUT2D eigenvalue weighted by molar-refractivity contribution is -0.180. The van der Waals surface area contributed by atoms with Gasteiger partial charge in [-0.2, -0.15) is 0 Å². The molecule has 0 aliphatic heterocycles. The highest BCUT2D eigenvalue weighted by Crippen LogP contribution is 2.68. The van der Waals surface area contributed by atoms with Gasteiger partial charge in [-0.25, -0.2) is 0 Å². The third-order valence-electron chi connectivity index (χ3n) is 11.1. The highest BCUT2D eigenvalue weighted by atomic mass is 16.3. The van der Waals surface area contributed by atoms with Crippen LogP contribution in [0.1, 0.15) is 79.6 Å². The van der Waals surface area contributed by atoms with E-state index in [1.54, 1.807) is 0 Å². The van der Waals surface area contributed by atoms with Gasteiger partial charge in [0, 0.05) is 12.5 Å². The first kappa shape index (κ1) is 24.7. The van der Waals surface area contributed by atoms with E-state index in [-0.39, 0.29) is 53.5 Å². The molecule has 4 saturated carbocycles. The standard InChI is InChI=1S/C28H48O4/c1-16(2)18(15-29)7-6-17(3)22-14-25(32)26-20-13-24(31)23-12-19(30)8-10-27(23,4)21(20)9-11-28(22,26)5/h6-7,16-26,29-32H,8-15H2,1-5H3/b7-6+/t17-,18+,19+,20-,21+,22-,23-,24+,25-,26-,27-,28-/m1/s1. The van der Waals surface area contributed by atoms with Crippen LogP contribution < -0.4 is 0 Å². The topological polar surface area (TPSA) is 80.9 Å². The second kappa shape index (κ2) is 8.98. The Labute approximate surface area is 195 Å². The summed E-state index contributed by atoms with van der Waals surface area (Å²) in [5.74, 6) is 2.77. The molecule has 0 spiro atoms. The zero-order chi connectivity index (χ0) is 23.4. The van der Waals surface area contributed by atoms with Gasteiger partial charge >= 0.3 is 0 Å². The summed E-state index contributed by atoms with van der Waals surface area (Å²) in [4.78, 5) is 0. The molecule has 0 aromatic carbocycles. The summed E-state index contributed by atoms with van der Waals surface area (Å²) in [6.45, 7) is 11.6. The molecule has 4 heteroatoms. The smallest absolute Gasteiger partial charge is 0.0579 e. The minimum Gasteiger partial charge on any atom is -0.396 e. The summed E-state index contributed by atoms with van der Waals surface area (Å²) >= 11 is 0. The molecule has 4 nitrogen and oxygen atoms in total. The summed E-state index contributed by atoms with van der Waals surface area (Å²) in [5.41, 5.74) is 0.172. The van der Waals surface area contributed by atoms with Crippen molar-refractivity contribution in [1.82, 2.24) is 0 Å². The van der Waals surface area contributed by atoms with Crippen molar-refractivity contribution in [2.75, 3.05) is 6.61 Å². The quantitative estimate of drug-likeness (QED) is 0.470. The fourth-order valence-corrected chi connectivity index (χ4v) is 9.15. The van der Waals surface area contributed by atoms with Gasteiger partial charge in [-0.15, -0.1) is 0 Å². The molecule has 0 radical (unpaired) electrons. The van der Waals surface area contributed by atoms with Gasteiger partial charge in [0.15, 0.2) is 0 Å². The third-order valence-corrected chi connectivity index (χ3v) is 11.1. The van der Waals surface area contributed by atoms with E-state index in [4.69, 9.17) is 0 Å². The van der Waals surface area contributed by atoms with Crippen LogP contribution in [0.5, 0.6) is 0 Å². The van der Waals surface area contributed by atoms with Crippen molar-refractivity contribution in [3.63, 3.8) is 0 Å². The monoisotopic (exact) mass is 448 g/mol. The van der Waals surface area contributed by atoms with Crippen LogP contribution in [0.2, 0.25) is 0 Å². The van der Waals surface area contributed by atoms with Crippen LogP contribution in [-0.4, -0.2) is 45.3 Å². The van der Waals surface area contributed by atoms with E-state index in [1.165, 1.54) is 6.42 Å². The molecule has 0 saturated heterocycles. The van der Waals surface area contributed by atoms with E-state index in [0.29, 0.717) is 29.6 Å². The van der Waals surface area contributed by atoms with Gasteiger partial charge in [-0.3, -0.25) is 0 Å². The van der Waals surface area contributed by atoms with Crippen molar-refractivity contribution in [3.05, 3.63) is 12.2 Å². The Morgan fingerprint density at radius 3 is 2.19 bits per heavy atom. The molecule has 0 bridgehead atoms. The molecular formula is C28H48O4. The molecule has 184 valence electrons. The van der Waals surface area contributed by atoms with Crippen molar-refractivity contribution in [3.8, 4) is 0 Å². The van der Waals surface area contributed by atoms with Crippen molar-refractivity contribution in [1.29, 1.82) is 0 Å². The van der Waals surface area contributed by atoms with Crippen LogP contribution >= 0.6 is 0 Å². The van der Waals surface area contributed by atoms with Crippen molar-refractivity contribution < 1.29 is 20.4 Å². The molecule has 4 aliphatic rings. The number of rotatable bonds is 5. The summed E-state index contributed by atoms with van der Waals surface area (Å²) in [7, 11) is 0. The second-order valence-electron chi connectivity index (χ2n) is 12.9. The van der Waals surface area contributed by atoms with Crippen molar-refractivity contribution >= 4 is 0 Å². The van der Waals surface area contributed by atoms with Gasteiger partial charge in [0.1, 0.15) is 0 Å². The molecule has 0 amide bonds. The van der Waals surface area contributed by atoms with Crippen LogP contribution in [0.15, 0.2) is 12.2 Å². The van der Waals surface area contributed by atoms with Gasteiger partial charge in [0.25, 0.3) is 0 Å². The lowest BCUT2D eigenvalue weighted by Crippen LogP contribution is -2.59. The summed E-state index contributed by atoms with van der Waals surface area (Å²) < 4.78 is 0. The second-order valence-corrected chi connectivity index (χ2v) is 12.9. The van der Waals surface area contributed by atoms with E-state index in [0.717, 1.165) is 38.5 Å². The molecule has 0 aromatic rings. The maximum atomic E-state index is 11.4. The minimum absolute atomic E-state index is 0.0812. The fourth-order valence-electron chi connectivity index (χ4n) is 9.15. The minimum atomic E-state index is -0.363. The lowest BCUT2D eigenvalue weighted by Gasteiger charge is -2.62. The molecule has 4 rings (SSSR count). The number of fused-ring (bicyclic) bond motifs is 5. The molecule has 0 heterocycles. The van der Waals surface area contributed by atoms with Crippen LogP contribution in [0.4, 0.5) is 0 Å². The number of aliphatic hydroxyl groups is 4. The molecule has 0 aromatic heterocycles. The molecular weight excluding hydrogens is 400 g/mol. The number of aliphatic hydroxyl groups excluding tert-OH is 4. The molecule has 32 heavy (non-hydrogen) atoms.